The van der Waals surface area contributed by atoms with Crippen LogP contribution in [0, 0.1) is 6.42 Å². The molecule has 0 spiro atoms. The van der Waals surface area contributed by atoms with E-state index in [0.717, 1.165) is 6.26 Å². The van der Waals surface area contributed by atoms with E-state index in [1.807, 2.05) is 0 Å². The number of hydrogen-bond acceptors (Lipinski definition) is 4. The minimum Gasteiger partial charge on any atom is -0.369 e. The van der Waals surface area contributed by atoms with Crippen molar-refractivity contribution < 1.29 is 13.2 Å². The summed E-state index contributed by atoms with van der Waals surface area (Å²) in [6.07, 6.45) is 3.51. The molecule has 0 aliphatic carbocycles. The molecule has 1 aromatic heterocycles. The van der Waals surface area contributed by atoms with Crippen LogP contribution < -0.4 is 5.73 Å². The summed E-state index contributed by atoms with van der Waals surface area (Å²) in [4.78, 5) is 14.1. The van der Waals surface area contributed by atoms with Crippen LogP contribution in [0.3, 0.4) is 0 Å². The minimum absolute atomic E-state index is 0.0286. The van der Waals surface area contributed by atoms with Gasteiger partial charge in [-0.05, 0) is 11.6 Å². The lowest BCUT2D eigenvalue weighted by Crippen LogP contribution is -2.11. The first-order valence-corrected chi connectivity index (χ1v) is 5.59. The normalized spacial score (nSPS) is 11.2. The number of nitrogens with two attached hydrogens (primary N) is 1. The van der Waals surface area contributed by atoms with Gasteiger partial charge in [-0.2, -0.15) is 0 Å². The quantitative estimate of drug-likeness (QED) is 0.734. The predicted octanol–water partition coefficient (Wildman–Crippen LogP) is -0.477. The number of primary amides is 1. The Labute approximate surface area is 81.9 Å². The number of carbonyl (C=O) groups excluding carboxylic acids is 1. The summed E-state index contributed by atoms with van der Waals surface area (Å²) in [7, 11) is -3.29. The SMILES string of the molecule is CS(=O)(=O)c1ccc([CH]C(N)=O)cn1. The van der Waals surface area contributed by atoms with E-state index >= 15 is 0 Å². The Bertz CT molecular complexity index is 436. The number of hydrogen-bond donors (Lipinski definition) is 1. The lowest BCUT2D eigenvalue weighted by atomic mass is 10.2. The van der Waals surface area contributed by atoms with Gasteiger partial charge in [-0.25, -0.2) is 13.4 Å². The van der Waals surface area contributed by atoms with Crippen molar-refractivity contribution in [3.8, 4) is 0 Å². The number of sulfone groups is 1. The van der Waals surface area contributed by atoms with Gasteiger partial charge in [0, 0.05) is 12.5 Å². The zero-order chi connectivity index (χ0) is 10.8. The summed E-state index contributed by atoms with van der Waals surface area (Å²) in [6, 6.07) is 2.79. The molecular weight excluding hydrogens is 204 g/mol. The number of pyridine rings is 1. The lowest BCUT2D eigenvalue weighted by molar-refractivity contribution is -0.114. The van der Waals surface area contributed by atoms with E-state index in [9.17, 15) is 13.2 Å². The van der Waals surface area contributed by atoms with Crippen LogP contribution in [0.25, 0.3) is 0 Å². The van der Waals surface area contributed by atoms with E-state index in [-0.39, 0.29) is 5.03 Å². The average molecular weight is 213 g/mol. The molecule has 0 atom stereocenters. The molecule has 5 nitrogen and oxygen atoms in total. The summed E-state index contributed by atoms with van der Waals surface area (Å²) in [5.41, 5.74) is 5.38. The summed E-state index contributed by atoms with van der Waals surface area (Å²) in [5, 5.41) is -0.0286. The Balaban J connectivity index is 2.95. The highest BCUT2D eigenvalue weighted by molar-refractivity contribution is 7.90. The standard InChI is InChI=1S/C8H9N2O3S/c1-14(12,13)8-3-2-6(5-10-8)4-7(9)11/h2-5H,1H3,(H2,9,11). The van der Waals surface area contributed by atoms with Crippen LogP contribution in [0.15, 0.2) is 23.4 Å². The van der Waals surface area contributed by atoms with Gasteiger partial charge in [0.25, 0.3) is 0 Å². The van der Waals surface area contributed by atoms with E-state index in [0.29, 0.717) is 5.56 Å². The van der Waals surface area contributed by atoms with Gasteiger partial charge in [0.2, 0.25) is 5.91 Å². The average Bonchev–Trinajstić information content (AvgIpc) is 2.02. The number of carbonyl (C=O) groups is 1. The lowest BCUT2D eigenvalue weighted by Gasteiger charge is -1.98. The van der Waals surface area contributed by atoms with Crippen molar-refractivity contribution in [3.63, 3.8) is 0 Å². The molecule has 1 radical (unpaired) electrons. The molecule has 0 saturated heterocycles. The van der Waals surface area contributed by atoms with E-state index in [4.69, 9.17) is 5.73 Å². The third-order valence-electron chi connectivity index (χ3n) is 1.45. The second-order valence-electron chi connectivity index (χ2n) is 2.75. The van der Waals surface area contributed by atoms with Crippen LogP contribution in [-0.2, 0) is 14.6 Å². The highest BCUT2D eigenvalue weighted by atomic mass is 32.2. The zero-order valence-electron chi connectivity index (χ0n) is 7.47. The minimum atomic E-state index is -3.29. The maximum absolute atomic E-state index is 11.0. The van der Waals surface area contributed by atoms with Crippen molar-refractivity contribution in [3.05, 3.63) is 30.3 Å². The first-order valence-electron chi connectivity index (χ1n) is 3.70. The molecule has 0 aromatic carbocycles. The van der Waals surface area contributed by atoms with Gasteiger partial charge in [0.1, 0.15) is 0 Å². The van der Waals surface area contributed by atoms with Gasteiger partial charge in [-0.15, -0.1) is 0 Å². The highest BCUT2D eigenvalue weighted by Crippen LogP contribution is 2.07. The molecule has 1 amide bonds. The van der Waals surface area contributed by atoms with Crippen LogP contribution in [0.4, 0.5) is 0 Å². The van der Waals surface area contributed by atoms with E-state index < -0.39 is 15.7 Å². The number of amides is 1. The zero-order valence-corrected chi connectivity index (χ0v) is 8.28. The second kappa shape index (κ2) is 3.75. The Morgan fingerprint density at radius 3 is 2.50 bits per heavy atom. The summed E-state index contributed by atoms with van der Waals surface area (Å²) in [6.45, 7) is 0. The Morgan fingerprint density at radius 2 is 2.14 bits per heavy atom. The van der Waals surface area contributed by atoms with Crippen LogP contribution in [0.1, 0.15) is 5.56 Å². The Kier molecular flexibility index (Phi) is 2.85. The molecule has 0 aliphatic heterocycles. The van der Waals surface area contributed by atoms with Crippen molar-refractivity contribution in [1.29, 1.82) is 0 Å². The van der Waals surface area contributed by atoms with Gasteiger partial charge < -0.3 is 5.73 Å². The Hall–Kier alpha value is -1.43. The van der Waals surface area contributed by atoms with Crippen molar-refractivity contribution in [2.24, 2.45) is 5.73 Å². The molecule has 0 bridgehead atoms. The number of aromatic nitrogens is 1. The molecule has 0 saturated carbocycles. The second-order valence-corrected chi connectivity index (χ2v) is 4.71. The van der Waals surface area contributed by atoms with Crippen LogP contribution in [0.2, 0.25) is 0 Å². The van der Waals surface area contributed by atoms with Gasteiger partial charge in [0.05, 0.1) is 6.42 Å². The van der Waals surface area contributed by atoms with Crippen molar-refractivity contribution >= 4 is 15.7 Å². The van der Waals surface area contributed by atoms with Crippen LogP contribution in [0.5, 0.6) is 0 Å². The molecular formula is C8H9N2O3S. The van der Waals surface area contributed by atoms with E-state index in [1.54, 1.807) is 0 Å². The van der Waals surface area contributed by atoms with Crippen molar-refractivity contribution in [2.45, 2.75) is 5.03 Å². The fraction of sp³-hybridized carbons (Fsp3) is 0.125. The fourth-order valence-electron chi connectivity index (χ4n) is 0.861. The van der Waals surface area contributed by atoms with Gasteiger partial charge in [0.15, 0.2) is 14.9 Å². The maximum atomic E-state index is 11.0. The van der Waals surface area contributed by atoms with Gasteiger partial charge in [-0.3, -0.25) is 4.79 Å². The topological polar surface area (TPSA) is 90.1 Å². The van der Waals surface area contributed by atoms with E-state index in [1.165, 1.54) is 24.8 Å². The molecule has 1 heterocycles. The summed E-state index contributed by atoms with van der Waals surface area (Å²) in [5.74, 6) is -0.598. The first kappa shape index (κ1) is 10.6. The van der Waals surface area contributed by atoms with Gasteiger partial charge >= 0.3 is 0 Å². The molecule has 0 aliphatic rings. The maximum Gasteiger partial charge on any atom is 0.226 e. The summed E-state index contributed by atoms with van der Waals surface area (Å²) >= 11 is 0. The van der Waals surface area contributed by atoms with Crippen molar-refractivity contribution in [1.82, 2.24) is 4.98 Å². The van der Waals surface area contributed by atoms with Crippen LogP contribution >= 0.6 is 0 Å². The molecule has 0 unspecified atom stereocenters. The predicted molar refractivity (Wildman–Crippen MR) is 49.9 cm³/mol. The third kappa shape index (κ3) is 2.81. The molecule has 14 heavy (non-hydrogen) atoms. The number of rotatable bonds is 3. The number of nitrogens with zero attached hydrogens (tertiary/aromatic N) is 1. The Morgan fingerprint density at radius 1 is 1.50 bits per heavy atom. The summed E-state index contributed by atoms with van der Waals surface area (Å²) < 4.78 is 22.0. The largest absolute Gasteiger partial charge is 0.369 e. The molecule has 1 aromatic rings. The van der Waals surface area contributed by atoms with E-state index in [2.05, 4.69) is 4.98 Å². The third-order valence-corrected chi connectivity index (χ3v) is 2.45. The van der Waals surface area contributed by atoms with Crippen molar-refractivity contribution in [2.75, 3.05) is 6.26 Å². The molecule has 0 fully saturated rings. The van der Waals surface area contributed by atoms with Crippen LogP contribution in [-0.4, -0.2) is 25.6 Å². The smallest absolute Gasteiger partial charge is 0.226 e. The molecule has 6 heteroatoms. The molecule has 1 rings (SSSR count). The molecule has 2 N–H and O–H groups in total. The van der Waals surface area contributed by atoms with Gasteiger partial charge in [-0.1, -0.05) is 6.07 Å². The fourth-order valence-corrected chi connectivity index (χ4v) is 1.42. The first-order chi connectivity index (χ1) is 6.39. The molecule has 75 valence electrons. The highest BCUT2D eigenvalue weighted by Gasteiger charge is 2.08. The monoisotopic (exact) mass is 213 g/mol.